The predicted molar refractivity (Wildman–Crippen MR) is 128 cm³/mol. The molecular formula is C26H33ClN2O3. The van der Waals surface area contributed by atoms with Crippen LogP contribution in [-0.4, -0.2) is 35.4 Å². The van der Waals surface area contributed by atoms with Crippen molar-refractivity contribution in [3.05, 3.63) is 64.2 Å². The molecular weight excluding hydrogens is 424 g/mol. The highest BCUT2D eigenvalue weighted by atomic mass is 35.5. The van der Waals surface area contributed by atoms with Crippen LogP contribution in [0.1, 0.15) is 55.7 Å². The van der Waals surface area contributed by atoms with Gasteiger partial charge in [-0.3, -0.25) is 9.59 Å². The summed E-state index contributed by atoms with van der Waals surface area (Å²) >= 11 is 6.02. The lowest BCUT2D eigenvalue weighted by Crippen LogP contribution is -2.52. The number of ether oxygens (including phenoxy) is 1. The Balaban J connectivity index is 1.76. The standard InChI is InChI=1S/C26H33ClN2O3/c1-4-23(26(31)28-22-7-5-6-8-22)29(16-20-10-12-21(27)13-11-20)25(30)17-32-24-14-9-18(2)15-19(24)3/h9-15,22-23H,4-8,16-17H2,1-3H3,(H,28,31)/t23-/m1/s1. The molecule has 1 N–H and O–H groups in total. The van der Waals surface area contributed by atoms with Crippen LogP contribution in [0.4, 0.5) is 0 Å². The zero-order valence-corrected chi connectivity index (χ0v) is 20.0. The van der Waals surface area contributed by atoms with Crippen LogP contribution >= 0.6 is 11.6 Å². The highest BCUT2D eigenvalue weighted by molar-refractivity contribution is 6.30. The van der Waals surface area contributed by atoms with E-state index in [1.807, 2.05) is 51.1 Å². The van der Waals surface area contributed by atoms with Gasteiger partial charge in [0.25, 0.3) is 5.91 Å². The van der Waals surface area contributed by atoms with Gasteiger partial charge in [0.15, 0.2) is 6.61 Å². The molecule has 5 nitrogen and oxygen atoms in total. The van der Waals surface area contributed by atoms with Gasteiger partial charge in [-0.1, -0.05) is 61.2 Å². The third-order valence-corrected chi connectivity index (χ3v) is 6.29. The molecule has 32 heavy (non-hydrogen) atoms. The van der Waals surface area contributed by atoms with Crippen molar-refractivity contribution in [3.8, 4) is 5.75 Å². The van der Waals surface area contributed by atoms with Crippen LogP contribution in [0.3, 0.4) is 0 Å². The quantitative estimate of drug-likeness (QED) is 0.564. The van der Waals surface area contributed by atoms with Gasteiger partial charge >= 0.3 is 0 Å². The molecule has 6 heteroatoms. The van der Waals surface area contributed by atoms with E-state index < -0.39 is 6.04 Å². The van der Waals surface area contributed by atoms with Crippen molar-refractivity contribution in [1.29, 1.82) is 0 Å². The highest BCUT2D eigenvalue weighted by Crippen LogP contribution is 2.21. The molecule has 0 aromatic heterocycles. The second-order valence-electron chi connectivity index (χ2n) is 8.62. The number of halogens is 1. The van der Waals surface area contributed by atoms with Gasteiger partial charge in [0.05, 0.1) is 0 Å². The fraction of sp³-hybridized carbons (Fsp3) is 0.462. The van der Waals surface area contributed by atoms with E-state index in [-0.39, 0.29) is 24.5 Å². The van der Waals surface area contributed by atoms with Gasteiger partial charge in [-0.05, 0) is 62.4 Å². The molecule has 2 aromatic carbocycles. The van der Waals surface area contributed by atoms with E-state index >= 15 is 0 Å². The molecule has 1 aliphatic rings. The number of amides is 2. The summed E-state index contributed by atoms with van der Waals surface area (Å²) in [6.07, 6.45) is 4.81. The summed E-state index contributed by atoms with van der Waals surface area (Å²) < 4.78 is 5.86. The summed E-state index contributed by atoms with van der Waals surface area (Å²) in [5.41, 5.74) is 3.04. The molecule has 1 fully saturated rings. The first kappa shape index (κ1) is 24.1. The number of aryl methyl sites for hydroxylation is 2. The summed E-state index contributed by atoms with van der Waals surface area (Å²) in [7, 11) is 0. The second-order valence-corrected chi connectivity index (χ2v) is 9.06. The Kier molecular flexibility index (Phi) is 8.57. The van der Waals surface area contributed by atoms with Crippen molar-refractivity contribution < 1.29 is 14.3 Å². The van der Waals surface area contributed by atoms with Gasteiger partial charge in [0.1, 0.15) is 11.8 Å². The fourth-order valence-electron chi connectivity index (χ4n) is 4.26. The molecule has 3 rings (SSSR count). The van der Waals surface area contributed by atoms with Crippen molar-refractivity contribution in [2.24, 2.45) is 0 Å². The number of hydrogen-bond acceptors (Lipinski definition) is 3. The maximum atomic E-state index is 13.3. The Hall–Kier alpha value is -2.53. The van der Waals surface area contributed by atoms with Gasteiger partial charge in [0, 0.05) is 17.6 Å². The van der Waals surface area contributed by atoms with E-state index in [0.29, 0.717) is 23.7 Å². The van der Waals surface area contributed by atoms with Gasteiger partial charge in [-0.25, -0.2) is 0 Å². The minimum atomic E-state index is -0.554. The predicted octanol–water partition coefficient (Wildman–Crippen LogP) is 5.20. The van der Waals surface area contributed by atoms with Gasteiger partial charge < -0.3 is 15.0 Å². The zero-order chi connectivity index (χ0) is 23.1. The van der Waals surface area contributed by atoms with E-state index in [2.05, 4.69) is 5.32 Å². The monoisotopic (exact) mass is 456 g/mol. The third-order valence-electron chi connectivity index (χ3n) is 6.04. The van der Waals surface area contributed by atoms with Crippen LogP contribution < -0.4 is 10.1 Å². The Morgan fingerprint density at radius 1 is 1.12 bits per heavy atom. The van der Waals surface area contributed by atoms with Crippen LogP contribution in [0.15, 0.2) is 42.5 Å². The molecule has 0 radical (unpaired) electrons. The molecule has 1 saturated carbocycles. The lowest BCUT2D eigenvalue weighted by Gasteiger charge is -2.31. The van der Waals surface area contributed by atoms with Crippen molar-refractivity contribution in [3.63, 3.8) is 0 Å². The Morgan fingerprint density at radius 2 is 1.81 bits per heavy atom. The molecule has 2 amide bonds. The van der Waals surface area contributed by atoms with Crippen LogP contribution in [0.2, 0.25) is 5.02 Å². The molecule has 1 aliphatic carbocycles. The SMILES string of the molecule is CC[C@H](C(=O)NC1CCCC1)N(Cc1ccc(Cl)cc1)C(=O)COc1ccc(C)cc1C. The van der Waals surface area contributed by atoms with Gasteiger partial charge in [-0.15, -0.1) is 0 Å². The zero-order valence-electron chi connectivity index (χ0n) is 19.2. The van der Waals surface area contributed by atoms with Crippen molar-refractivity contribution in [1.82, 2.24) is 10.2 Å². The van der Waals surface area contributed by atoms with E-state index in [1.165, 1.54) is 0 Å². The first-order valence-electron chi connectivity index (χ1n) is 11.4. The number of benzene rings is 2. The van der Waals surface area contributed by atoms with E-state index in [0.717, 1.165) is 42.4 Å². The summed E-state index contributed by atoms with van der Waals surface area (Å²) in [5, 5.41) is 3.79. The Morgan fingerprint density at radius 3 is 2.44 bits per heavy atom. The molecule has 0 bridgehead atoms. The van der Waals surface area contributed by atoms with E-state index in [4.69, 9.17) is 16.3 Å². The Bertz CT molecular complexity index is 923. The van der Waals surface area contributed by atoms with E-state index in [9.17, 15) is 9.59 Å². The maximum absolute atomic E-state index is 13.3. The molecule has 0 unspecified atom stereocenters. The third kappa shape index (κ3) is 6.49. The number of nitrogens with one attached hydrogen (secondary N) is 1. The van der Waals surface area contributed by atoms with Gasteiger partial charge in [0.2, 0.25) is 5.91 Å². The fourth-order valence-corrected chi connectivity index (χ4v) is 4.38. The second kappa shape index (κ2) is 11.4. The average molecular weight is 457 g/mol. The molecule has 0 spiro atoms. The number of hydrogen-bond donors (Lipinski definition) is 1. The van der Waals surface area contributed by atoms with Crippen molar-refractivity contribution in [2.45, 2.75) is 71.5 Å². The average Bonchev–Trinajstić information content (AvgIpc) is 3.27. The molecule has 172 valence electrons. The van der Waals surface area contributed by atoms with Crippen LogP contribution in [0, 0.1) is 13.8 Å². The van der Waals surface area contributed by atoms with Crippen molar-refractivity contribution in [2.75, 3.05) is 6.61 Å². The van der Waals surface area contributed by atoms with E-state index in [1.54, 1.807) is 17.0 Å². The number of carbonyl (C=O) groups excluding carboxylic acids is 2. The van der Waals surface area contributed by atoms with Crippen LogP contribution in [-0.2, 0) is 16.1 Å². The molecule has 0 aliphatic heterocycles. The first-order valence-corrected chi connectivity index (χ1v) is 11.8. The number of nitrogens with zero attached hydrogens (tertiary/aromatic N) is 1. The lowest BCUT2D eigenvalue weighted by atomic mass is 10.1. The summed E-state index contributed by atoms with van der Waals surface area (Å²) in [6.45, 7) is 6.12. The van der Waals surface area contributed by atoms with Crippen LogP contribution in [0.25, 0.3) is 0 Å². The van der Waals surface area contributed by atoms with Gasteiger partial charge in [-0.2, -0.15) is 0 Å². The summed E-state index contributed by atoms with van der Waals surface area (Å²) in [4.78, 5) is 28.1. The summed E-state index contributed by atoms with van der Waals surface area (Å²) in [5.74, 6) is 0.375. The topological polar surface area (TPSA) is 58.6 Å². The minimum Gasteiger partial charge on any atom is -0.483 e. The van der Waals surface area contributed by atoms with Crippen molar-refractivity contribution >= 4 is 23.4 Å². The number of carbonyl (C=O) groups is 2. The molecule has 0 saturated heterocycles. The first-order chi connectivity index (χ1) is 15.4. The molecule has 1 atom stereocenters. The highest BCUT2D eigenvalue weighted by Gasteiger charge is 2.30. The maximum Gasteiger partial charge on any atom is 0.261 e. The Labute approximate surface area is 196 Å². The lowest BCUT2D eigenvalue weighted by molar-refractivity contribution is -0.143. The number of rotatable bonds is 9. The smallest absolute Gasteiger partial charge is 0.261 e. The minimum absolute atomic E-state index is 0.0896. The largest absolute Gasteiger partial charge is 0.483 e. The molecule has 0 heterocycles. The molecule has 2 aromatic rings. The van der Waals surface area contributed by atoms with Crippen LogP contribution in [0.5, 0.6) is 5.75 Å². The normalized spacial score (nSPS) is 14.8. The summed E-state index contributed by atoms with van der Waals surface area (Å²) in [6, 6.07) is 12.9.